The van der Waals surface area contributed by atoms with Crippen molar-refractivity contribution in [3.05, 3.63) is 70.4 Å². The number of methoxy groups -OCH3 is 1. The van der Waals surface area contributed by atoms with E-state index in [1.165, 1.54) is 0 Å². The minimum atomic E-state index is -0.195. The highest BCUT2D eigenvalue weighted by molar-refractivity contribution is 5.97. The van der Waals surface area contributed by atoms with E-state index in [1.54, 1.807) is 11.8 Å². The van der Waals surface area contributed by atoms with E-state index in [0.29, 0.717) is 24.2 Å². The summed E-state index contributed by atoms with van der Waals surface area (Å²) in [5.74, 6) is 1.34. The Bertz CT molecular complexity index is 1380. The van der Waals surface area contributed by atoms with Gasteiger partial charge >= 0.3 is 0 Å². The van der Waals surface area contributed by atoms with Crippen LogP contribution in [-0.4, -0.2) is 81.3 Å². The van der Waals surface area contributed by atoms with E-state index in [1.807, 2.05) is 45.4 Å². The summed E-state index contributed by atoms with van der Waals surface area (Å²) in [5.41, 5.74) is 7.06. The van der Waals surface area contributed by atoms with Crippen molar-refractivity contribution in [2.75, 3.05) is 39.1 Å². The van der Waals surface area contributed by atoms with Crippen molar-refractivity contribution < 1.29 is 9.53 Å². The molecule has 2 aliphatic rings. The fourth-order valence-electron chi connectivity index (χ4n) is 5.65. The van der Waals surface area contributed by atoms with E-state index >= 15 is 0 Å². The molecule has 1 N–H and O–H groups in total. The second-order valence-corrected chi connectivity index (χ2v) is 10.5. The molecule has 0 bridgehead atoms. The van der Waals surface area contributed by atoms with Gasteiger partial charge in [-0.15, -0.1) is 5.10 Å². The molecule has 1 amide bonds. The van der Waals surface area contributed by atoms with Gasteiger partial charge in [0.25, 0.3) is 0 Å². The molecule has 200 valence electrons. The predicted octanol–water partition coefficient (Wildman–Crippen LogP) is 3.07. The molecule has 1 saturated heterocycles. The van der Waals surface area contributed by atoms with E-state index in [-0.39, 0.29) is 11.9 Å². The van der Waals surface area contributed by atoms with Crippen molar-refractivity contribution >= 4 is 17.2 Å². The zero-order valence-corrected chi connectivity index (χ0v) is 23.2. The summed E-state index contributed by atoms with van der Waals surface area (Å²) in [6.07, 6.45) is 7.30. The molecule has 3 aromatic rings. The maximum Gasteiger partial charge on any atom is 0.241 e. The maximum atomic E-state index is 13.3. The Kier molecular flexibility index (Phi) is 7.32. The number of rotatable bonds is 7. The van der Waals surface area contributed by atoms with E-state index in [9.17, 15) is 4.79 Å². The third-order valence-electron chi connectivity index (χ3n) is 7.68. The number of amides is 1. The number of aryl methyl sites for hydroxylation is 2. The van der Waals surface area contributed by atoms with E-state index in [0.717, 1.165) is 65.3 Å². The molecule has 38 heavy (non-hydrogen) atoms. The van der Waals surface area contributed by atoms with Gasteiger partial charge in [-0.1, -0.05) is 18.2 Å². The first-order valence-corrected chi connectivity index (χ1v) is 13.2. The number of anilines is 1. The average Bonchev–Trinajstić information content (AvgIpc) is 3.48. The number of carbonyl (C=O) groups excluding carboxylic acids is 1. The summed E-state index contributed by atoms with van der Waals surface area (Å²) in [6, 6.07) is 6.27. The Morgan fingerprint density at radius 3 is 2.84 bits per heavy atom. The molecule has 3 heterocycles. The standard InChI is InChI=1S/C29H37N7O2/c1-18-15-30-26(14-21-17-35(5)33-29(21)38-6)32-27(18)24-11-10-23-22(24)8-7-9-25(23)31-28(37)20(3)36-13-12-34(4)16-19(36)2/h7-9,11,15,17,19-20H,10,12-14,16H2,1-6H3,(H,31,37)/t19-,20+/m0/s1. The molecular formula is C29H37N7O2. The lowest BCUT2D eigenvalue weighted by Gasteiger charge is -2.41. The van der Waals surface area contributed by atoms with Gasteiger partial charge in [0.2, 0.25) is 11.8 Å². The summed E-state index contributed by atoms with van der Waals surface area (Å²) in [5, 5.41) is 7.58. The molecule has 1 aliphatic heterocycles. The van der Waals surface area contributed by atoms with Crippen LogP contribution in [-0.2, 0) is 24.7 Å². The topological polar surface area (TPSA) is 88.4 Å². The van der Waals surface area contributed by atoms with Crippen molar-refractivity contribution in [1.82, 2.24) is 29.5 Å². The molecule has 9 nitrogen and oxygen atoms in total. The summed E-state index contributed by atoms with van der Waals surface area (Å²) < 4.78 is 7.15. The van der Waals surface area contributed by atoms with Crippen LogP contribution in [0.2, 0.25) is 0 Å². The fourth-order valence-corrected chi connectivity index (χ4v) is 5.65. The van der Waals surface area contributed by atoms with Crippen LogP contribution in [0.5, 0.6) is 5.88 Å². The van der Waals surface area contributed by atoms with Crippen molar-refractivity contribution in [3.8, 4) is 5.88 Å². The first-order chi connectivity index (χ1) is 18.2. The number of carbonyl (C=O) groups is 1. The molecule has 1 aliphatic carbocycles. The van der Waals surface area contributed by atoms with Crippen LogP contribution in [0.15, 0.2) is 36.7 Å². The van der Waals surface area contributed by atoms with Gasteiger partial charge in [0, 0.05) is 68.4 Å². The zero-order valence-electron chi connectivity index (χ0n) is 23.2. The number of allylic oxidation sites excluding steroid dienone is 1. The number of benzene rings is 1. The van der Waals surface area contributed by atoms with Crippen molar-refractivity contribution in [3.63, 3.8) is 0 Å². The Balaban J connectivity index is 1.36. The third-order valence-corrected chi connectivity index (χ3v) is 7.68. The van der Waals surface area contributed by atoms with Gasteiger partial charge in [0.1, 0.15) is 5.82 Å². The van der Waals surface area contributed by atoms with Gasteiger partial charge in [-0.05, 0) is 57.0 Å². The lowest BCUT2D eigenvalue weighted by Crippen LogP contribution is -2.56. The molecule has 5 rings (SSSR count). The summed E-state index contributed by atoms with van der Waals surface area (Å²) in [7, 11) is 5.63. The molecule has 0 unspecified atom stereocenters. The minimum Gasteiger partial charge on any atom is -0.480 e. The Morgan fingerprint density at radius 1 is 1.26 bits per heavy atom. The summed E-state index contributed by atoms with van der Waals surface area (Å²) >= 11 is 0. The number of piperazine rings is 1. The number of hydrogen-bond acceptors (Lipinski definition) is 7. The van der Waals surface area contributed by atoms with Crippen LogP contribution in [0.1, 0.15) is 47.6 Å². The SMILES string of the molecule is COc1nn(C)cc1Cc1ncc(C)c(C2=CCc3c(NC(=O)[C@@H](C)N4CCN(C)C[C@@H]4C)cccc32)n1. The van der Waals surface area contributed by atoms with Crippen LogP contribution >= 0.6 is 0 Å². The monoisotopic (exact) mass is 515 g/mol. The van der Waals surface area contributed by atoms with E-state index in [2.05, 4.69) is 51.3 Å². The van der Waals surface area contributed by atoms with E-state index in [4.69, 9.17) is 9.72 Å². The van der Waals surface area contributed by atoms with E-state index < -0.39 is 0 Å². The molecule has 9 heteroatoms. The van der Waals surface area contributed by atoms with Crippen LogP contribution in [0.4, 0.5) is 5.69 Å². The Hall–Kier alpha value is -3.56. The van der Waals surface area contributed by atoms with Crippen LogP contribution in [0.3, 0.4) is 0 Å². The number of fused-ring (bicyclic) bond motifs is 1. The summed E-state index contributed by atoms with van der Waals surface area (Å²) in [4.78, 5) is 27.4. The fraction of sp³-hybridized carbons (Fsp3) is 0.448. The third kappa shape index (κ3) is 5.08. The second kappa shape index (κ2) is 10.7. The van der Waals surface area contributed by atoms with Gasteiger partial charge in [0.15, 0.2) is 0 Å². The second-order valence-electron chi connectivity index (χ2n) is 10.5. The van der Waals surface area contributed by atoms with Crippen LogP contribution < -0.4 is 10.1 Å². The van der Waals surface area contributed by atoms with Crippen molar-refractivity contribution in [1.29, 1.82) is 0 Å². The molecule has 2 atom stereocenters. The number of nitrogens with zero attached hydrogens (tertiary/aromatic N) is 6. The first-order valence-electron chi connectivity index (χ1n) is 13.2. The number of ether oxygens (including phenoxy) is 1. The smallest absolute Gasteiger partial charge is 0.241 e. The highest BCUT2D eigenvalue weighted by Crippen LogP contribution is 2.37. The highest BCUT2D eigenvalue weighted by atomic mass is 16.5. The van der Waals surface area contributed by atoms with Crippen LogP contribution in [0, 0.1) is 6.92 Å². The van der Waals surface area contributed by atoms with Gasteiger partial charge in [0.05, 0.1) is 18.8 Å². The van der Waals surface area contributed by atoms with Crippen molar-refractivity contribution in [2.24, 2.45) is 7.05 Å². The zero-order chi connectivity index (χ0) is 27.0. The molecule has 0 spiro atoms. The van der Waals surface area contributed by atoms with Gasteiger partial charge in [-0.3, -0.25) is 14.4 Å². The molecule has 0 saturated carbocycles. The number of likely N-dealkylation sites (N-methyl/N-ethyl adjacent to an activating group) is 1. The maximum absolute atomic E-state index is 13.3. The number of aromatic nitrogens is 4. The van der Waals surface area contributed by atoms with Gasteiger partial charge in [-0.2, -0.15) is 0 Å². The highest BCUT2D eigenvalue weighted by Gasteiger charge is 2.30. The quantitative estimate of drug-likeness (QED) is 0.517. The normalized spacial score (nSPS) is 18.7. The predicted molar refractivity (Wildman–Crippen MR) is 148 cm³/mol. The number of hydrogen-bond donors (Lipinski definition) is 1. The van der Waals surface area contributed by atoms with Gasteiger partial charge < -0.3 is 15.0 Å². The lowest BCUT2D eigenvalue weighted by molar-refractivity contribution is -0.122. The van der Waals surface area contributed by atoms with Crippen molar-refractivity contribution in [2.45, 2.75) is 45.7 Å². The molecule has 0 radical (unpaired) electrons. The largest absolute Gasteiger partial charge is 0.480 e. The lowest BCUT2D eigenvalue weighted by atomic mass is 9.99. The number of nitrogens with one attached hydrogen (secondary N) is 1. The van der Waals surface area contributed by atoms with Crippen LogP contribution in [0.25, 0.3) is 5.57 Å². The molecule has 1 aromatic carbocycles. The van der Waals surface area contributed by atoms with Gasteiger partial charge in [-0.25, -0.2) is 9.97 Å². The Morgan fingerprint density at radius 2 is 2.08 bits per heavy atom. The first kappa shape index (κ1) is 26.1. The Labute approximate surface area is 224 Å². The molecule has 1 fully saturated rings. The average molecular weight is 516 g/mol. The molecular weight excluding hydrogens is 478 g/mol. The molecule has 2 aromatic heterocycles. The summed E-state index contributed by atoms with van der Waals surface area (Å²) in [6.45, 7) is 9.08. The minimum absolute atomic E-state index is 0.0363.